The van der Waals surface area contributed by atoms with E-state index < -0.39 is 0 Å². The molecule has 0 aliphatic rings. The number of aromatic nitrogens is 3. The third kappa shape index (κ3) is 4.33. The molecule has 0 aliphatic heterocycles. The molecule has 0 bridgehead atoms. The SMILES string of the molecule is CC(C)(C)c1ccnc(-c2cc(Oc3cccc(-n4cc(C(C)(C)C)cn4)c3)c3ccc4cccc5oc2c3c45)c1. The maximum atomic E-state index is 6.69. The standard InChI is InChI=1S/C36H33N3O2/c1-35(2,3)23-15-16-37-29(17-23)28-19-31(27-14-13-22-9-7-12-30-32(22)33(27)34(28)41-30)40-26-11-8-10-25(18-26)39-21-24(20-38-39)36(4,5)6/h7-21H,1-6H3. The molecule has 0 aliphatic carbocycles. The van der Waals surface area contributed by atoms with Gasteiger partial charge in [0.15, 0.2) is 0 Å². The van der Waals surface area contributed by atoms with Crippen molar-refractivity contribution in [1.29, 1.82) is 0 Å². The third-order valence-electron chi connectivity index (χ3n) is 7.89. The predicted molar refractivity (Wildman–Crippen MR) is 167 cm³/mol. The first-order valence-electron chi connectivity index (χ1n) is 14.1. The summed E-state index contributed by atoms with van der Waals surface area (Å²) in [5.74, 6) is 1.50. The van der Waals surface area contributed by atoms with Crippen molar-refractivity contribution in [3.8, 4) is 28.4 Å². The van der Waals surface area contributed by atoms with Gasteiger partial charge in [-0.15, -0.1) is 0 Å². The van der Waals surface area contributed by atoms with Gasteiger partial charge in [-0.2, -0.15) is 5.10 Å². The van der Waals surface area contributed by atoms with Crippen molar-refractivity contribution in [2.45, 2.75) is 52.4 Å². The lowest BCUT2D eigenvalue weighted by molar-refractivity contribution is 0.488. The van der Waals surface area contributed by atoms with E-state index in [1.807, 2.05) is 53.5 Å². The zero-order chi connectivity index (χ0) is 28.5. The number of hydrogen-bond donors (Lipinski definition) is 0. The fourth-order valence-electron chi connectivity index (χ4n) is 5.48. The topological polar surface area (TPSA) is 53.1 Å². The zero-order valence-corrected chi connectivity index (χ0v) is 24.3. The smallest absolute Gasteiger partial charge is 0.145 e. The van der Waals surface area contributed by atoms with Crippen LogP contribution in [-0.2, 0) is 10.8 Å². The summed E-state index contributed by atoms with van der Waals surface area (Å²) in [5, 5.41) is 8.94. The molecule has 3 heterocycles. The minimum Gasteiger partial charge on any atom is -0.457 e. The Hall–Kier alpha value is -4.64. The Morgan fingerprint density at radius 2 is 1.59 bits per heavy atom. The first-order valence-corrected chi connectivity index (χ1v) is 14.1. The van der Waals surface area contributed by atoms with E-state index >= 15 is 0 Å². The summed E-state index contributed by atoms with van der Waals surface area (Å²) in [6.07, 6.45) is 5.90. The summed E-state index contributed by atoms with van der Waals surface area (Å²) >= 11 is 0. The average Bonchev–Trinajstić information content (AvgIpc) is 3.59. The van der Waals surface area contributed by atoms with Crippen molar-refractivity contribution in [1.82, 2.24) is 14.8 Å². The predicted octanol–water partition coefficient (Wildman–Crippen LogP) is 9.81. The molecule has 5 nitrogen and oxygen atoms in total. The van der Waals surface area contributed by atoms with E-state index in [1.54, 1.807) is 0 Å². The van der Waals surface area contributed by atoms with Crippen LogP contribution in [0, 0.1) is 0 Å². The highest BCUT2D eigenvalue weighted by atomic mass is 16.5. The van der Waals surface area contributed by atoms with Crippen LogP contribution in [0.25, 0.3) is 49.7 Å². The van der Waals surface area contributed by atoms with E-state index in [1.165, 1.54) is 11.1 Å². The minimum atomic E-state index is -0.00884. The molecule has 0 N–H and O–H groups in total. The molecule has 0 unspecified atom stereocenters. The van der Waals surface area contributed by atoms with Gasteiger partial charge in [0.2, 0.25) is 0 Å². The molecular formula is C36H33N3O2. The van der Waals surface area contributed by atoms with Crippen LogP contribution in [-0.4, -0.2) is 14.8 Å². The second kappa shape index (κ2) is 8.93. The molecule has 7 aromatic rings. The molecule has 7 rings (SSSR count). The molecule has 0 saturated carbocycles. The highest BCUT2D eigenvalue weighted by molar-refractivity contribution is 6.25. The normalized spacial score (nSPS) is 12.6. The second-order valence-electron chi connectivity index (χ2n) is 12.9. The Morgan fingerprint density at radius 1 is 0.780 bits per heavy atom. The van der Waals surface area contributed by atoms with Gasteiger partial charge in [0.05, 0.1) is 17.6 Å². The van der Waals surface area contributed by atoms with Gasteiger partial charge in [0, 0.05) is 40.2 Å². The van der Waals surface area contributed by atoms with Crippen LogP contribution in [0.4, 0.5) is 0 Å². The van der Waals surface area contributed by atoms with Gasteiger partial charge in [0.1, 0.15) is 22.7 Å². The Balaban J connectivity index is 1.40. The summed E-state index contributed by atoms with van der Waals surface area (Å²) in [6, 6.07) is 24.8. The molecular weight excluding hydrogens is 506 g/mol. The van der Waals surface area contributed by atoms with E-state index in [4.69, 9.17) is 14.1 Å². The summed E-state index contributed by atoms with van der Waals surface area (Å²) in [6.45, 7) is 13.2. The van der Waals surface area contributed by atoms with Crippen LogP contribution in [0.1, 0.15) is 52.7 Å². The van der Waals surface area contributed by atoms with E-state index in [0.717, 1.165) is 61.2 Å². The van der Waals surface area contributed by atoms with Gasteiger partial charge in [-0.1, -0.05) is 65.8 Å². The number of rotatable bonds is 4. The van der Waals surface area contributed by atoms with Crippen molar-refractivity contribution in [2.24, 2.45) is 0 Å². The van der Waals surface area contributed by atoms with Crippen LogP contribution in [0.2, 0.25) is 0 Å². The number of nitrogens with zero attached hydrogens (tertiary/aromatic N) is 3. The van der Waals surface area contributed by atoms with Gasteiger partial charge < -0.3 is 9.15 Å². The minimum absolute atomic E-state index is 0.00884. The second-order valence-corrected chi connectivity index (χ2v) is 12.9. The van der Waals surface area contributed by atoms with Crippen molar-refractivity contribution < 1.29 is 9.15 Å². The summed E-state index contributed by atoms with van der Waals surface area (Å²) < 4.78 is 15.1. The van der Waals surface area contributed by atoms with Crippen LogP contribution in [0.5, 0.6) is 11.5 Å². The molecule has 0 radical (unpaired) electrons. The quantitative estimate of drug-likeness (QED) is 0.209. The van der Waals surface area contributed by atoms with E-state index in [-0.39, 0.29) is 10.8 Å². The van der Waals surface area contributed by atoms with E-state index in [2.05, 4.69) is 89.2 Å². The van der Waals surface area contributed by atoms with Crippen molar-refractivity contribution in [3.05, 3.63) is 103 Å². The first kappa shape index (κ1) is 25.3. The number of ether oxygens (including phenoxy) is 1. The van der Waals surface area contributed by atoms with Crippen LogP contribution in [0.3, 0.4) is 0 Å². The molecule has 41 heavy (non-hydrogen) atoms. The molecule has 3 aromatic heterocycles. The third-order valence-corrected chi connectivity index (χ3v) is 7.89. The molecule has 0 amide bonds. The lowest BCUT2D eigenvalue weighted by atomic mass is 9.86. The monoisotopic (exact) mass is 539 g/mol. The Bertz CT molecular complexity index is 2050. The number of pyridine rings is 1. The van der Waals surface area contributed by atoms with Gasteiger partial charge in [-0.05, 0) is 69.8 Å². The highest BCUT2D eigenvalue weighted by Gasteiger charge is 2.23. The summed E-state index contributed by atoms with van der Waals surface area (Å²) in [7, 11) is 0. The lowest BCUT2D eigenvalue weighted by Gasteiger charge is -2.19. The summed E-state index contributed by atoms with van der Waals surface area (Å²) in [4.78, 5) is 4.79. The van der Waals surface area contributed by atoms with Crippen molar-refractivity contribution in [2.75, 3.05) is 0 Å². The first-order chi connectivity index (χ1) is 19.6. The number of hydrogen-bond acceptors (Lipinski definition) is 4. The maximum Gasteiger partial charge on any atom is 0.145 e. The Kier molecular flexibility index (Phi) is 5.52. The Morgan fingerprint density at radius 3 is 2.37 bits per heavy atom. The van der Waals surface area contributed by atoms with Crippen LogP contribution in [0.15, 0.2) is 95.8 Å². The van der Waals surface area contributed by atoms with Gasteiger partial charge in [-0.3, -0.25) is 4.98 Å². The molecule has 0 spiro atoms. The zero-order valence-electron chi connectivity index (χ0n) is 24.3. The van der Waals surface area contributed by atoms with Crippen molar-refractivity contribution >= 4 is 32.7 Å². The summed E-state index contributed by atoms with van der Waals surface area (Å²) in [5.41, 5.74) is 6.83. The van der Waals surface area contributed by atoms with E-state index in [9.17, 15) is 0 Å². The van der Waals surface area contributed by atoms with E-state index in [0.29, 0.717) is 0 Å². The van der Waals surface area contributed by atoms with Crippen LogP contribution >= 0.6 is 0 Å². The van der Waals surface area contributed by atoms with Crippen LogP contribution < -0.4 is 4.74 Å². The largest absolute Gasteiger partial charge is 0.457 e. The highest BCUT2D eigenvalue weighted by Crippen LogP contribution is 2.46. The Labute approximate surface area is 239 Å². The van der Waals surface area contributed by atoms with Gasteiger partial charge in [-0.25, -0.2) is 4.68 Å². The van der Waals surface area contributed by atoms with Gasteiger partial charge in [0.25, 0.3) is 0 Å². The fourth-order valence-corrected chi connectivity index (χ4v) is 5.48. The molecule has 4 aromatic carbocycles. The molecule has 5 heteroatoms. The molecule has 204 valence electrons. The number of benzene rings is 4. The fraction of sp³-hybridized carbons (Fsp3) is 0.222. The number of furan rings is 1. The maximum absolute atomic E-state index is 6.69. The molecule has 0 fully saturated rings. The lowest BCUT2D eigenvalue weighted by Crippen LogP contribution is -2.11. The van der Waals surface area contributed by atoms with Crippen molar-refractivity contribution in [3.63, 3.8) is 0 Å². The molecule has 0 atom stereocenters. The molecule has 0 saturated heterocycles. The average molecular weight is 540 g/mol. The van der Waals surface area contributed by atoms with Gasteiger partial charge >= 0.3 is 0 Å².